The number of benzene rings is 1. The van der Waals surface area contributed by atoms with E-state index in [4.69, 9.17) is 4.43 Å². The highest BCUT2D eigenvalue weighted by atomic mass is 28.3. The molecule has 1 aliphatic rings. The molecule has 0 saturated carbocycles. The average molecular weight is 314 g/mol. The van der Waals surface area contributed by atoms with Gasteiger partial charge in [0.05, 0.1) is 17.7 Å². The van der Waals surface area contributed by atoms with E-state index in [0.29, 0.717) is 0 Å². The maximum Gasteiger partial charge on any atom is 0.251 e. The zero-order chi connectivity index (χ0) is 16.1. The van der Waals surface area contributed by atoms with Crippen LogP contribution < -0.4 is 5.56 Å². The highest BCUT2D eigenvalue weighted by Gasteiger charge is 2.39. The van der Waals surface area contributed by atoms with Gasteiger partial charge in [-0.05, 0) is 41.9 Å². The van der Waals surface area contributed by atoms with E-state index >= 15 is 0 Å². The molecule has 2 atom stereocenters. The van der Waals surface area contributed by atoms with Gasteiger partial charge in [-0.25, -0.2) is 0 Å². The summed E-state index contributed by atoms with van der Waals surface area (Å²) >= 11 is 0. The van der Waals surface area contributed by atoms with Gasteiger partial charge in [0.15, 0.2) is 0 Å². The standard InChI is InChI=1S/C18H24NO2Si/c1-18(2,3)17(21-22(4)5)14-11-13-8-6-7-12-9-10-15(20)19(14)16(12)13/h6-10,14,17H,11H2,1-5H3. The second-order valence-corrected chi connectivity index (χ2v) is 9.53. The van der Waals surface area contributed by atoms with Crippen LogP contribution in [0.25, 0.3) is 10.9 Å². The summed E-state index contributed by atoms with van der Waals surface area (Å²) < 4.78 is 8.34. The summed E-state index contributed by atoms with van der Waals surface area (Å²) in [6.07, 6.45) is 0.931. The van der Waals surface area contributed by atoms with Crippen LogP contribution in [0, 0.1) is 5.41 Å². The molecular weight excluding hydrogens is 290 g/mol. The van der Waals surface area contributed by atoms with Crippen LogP contribution in [0.15, 0.2) is 35.1 Å². The second kappa shape index (κ2) is 5.35. The van der Waals surface area contributed by atoms with Crippen molar-refractivity contribution >= 4 is 19.9 Å². The van der Waals surface area contributed by atoms with E-state index in [1.165, 1.54) is 5.56 Å². The number of para-hydroxylation sites is 1. The molecule has 0 amide bonds. The van der Waals surface area contributed by atoms with E-state index in [1.807, 2.05) is 10.6 Å². The number of aromatic nitrogens is 1. The zero-order valence-corrected chi connectivity index (χ0v) is 15.0. The first-order valence-corrected chi connectivity index (χ1v) is 10.3. The molecule has 0 spiro atoms. The van der Waals surface area contributed by atoms with E-state index < -0.39 is 9.04 Å². The Kier molecular flexibility index (Phi) is 3.77. The number of pyridine rings is 1. The van der Waals surface area contributed by atoms with Gasteiger partial charge >= 0.3 is 0 Å². The van der Waals surface area contributed by atoms with Crippen molar-refractivity contribution in [1.29, 1.82) is 0 Å². The summed E-state index contributed by atoms with van der Waals surface area (Å²) in [6, 6.07) is 10.0. The maximum atomic E-state index is 12.5. The van der Waals surface area contributed by atoms with Gasteiger partial charge < -0.3 is 8.99 Å². The van der Waals surface area contributed by atoms with Crippen LogP contribution in [-0.4, -0.2) is 19.7 Å². The van der Waals surface area contributed by atoms with Crippen molar-refractivity contribution in [2.24, 2.45) is 5.41 Å². The molecule has 0 fully saturated rings. The molecule has 22 heavy (non-hydrogen) atoms. The monoisotopic (exact) mass is 314 g/mol. The van der Waals surface area contributed by atoms with Gasteiger partial charge in [0.1, 0.15) is 0 Å². The van der Waals surface area contributed by atoms with Crippen molar-refractivity contribution in [3.63, 3.8) is 0 Å². The molecule has 0 N–H and O–H groups in total. The lowest BCUT2D eigenvalue weighted by molar-refractivity contribution is 0.0408. The van der Waals surface area contributed by atoms with Crippen molar-refractivity contribution in [2.45, 2.75) is 52.4 Å². The Balaban J connectivity index is 2.16. The molecule has 2 unspecified atom stereocenters. The van der Waals surface area contributed by atoms with Crippen LogP contribution in [-0.2, 0) is 10.8 Å². The molecule has 3 nitrogen and oxygen atoms in total. The number of rotatable bonds is 3. The van der Waals surface area contributed by atoms with Crippen molar-refractivity contribution in [2.75, 3.05) is 0 Å². The summed E-state index contributed by atoms with van der Waals surface area (Å²) in [5.74, 6) is 0. The Bertz CT molecular complexity index is 758. The van der Waals surface area contributed by atoms with Gasteiger partial charge in [-0.3, -0.25) is 4.79 Å². The Labute approximate surface area is 133 Å². The van der Waals surface area contributed by atoms with E-state index in [2.05, 4.69) is 52.1 Å². The van der Waals surface area contributed by atoms with E-state index in [9.17, 15) is 4.79 Å². The molecule has 1 aromatic carbocycles. The molecular formula is C18H24NO2Si. The van der Waals surface area contributed by atoms with Crippen molar-refractivity contribution in [1.82, 2.24) is 4.57 Å². The normalized spacial score (nSPS) is 19.1. The minimum absolute atomic E-state index is 0.00372. The van der Waals surface area contributed by atoms with Crippen molar-refractivity contribution in [3.8, 4) is 0 Å². The zero-order valence-electron chi connectivity index (χ0n) is 14.0. The van der Waals surface area contributed by atoms with Crippen LogP contribution in [0.3, 0.4) is 0 Å². The highest BCUT2D eigenvalue weighted by Crippen LogP contribution is 2.39. The minimum Gasteiger partial charge on any atom is -0.412 e. The van der Waals surface area contributed by atoms with E-state index in [1.54, 1.807) is 6.07 Å². The fraction of sp³-hybridized carbons (Fsp3) is 0.500. The van der Waals surface area contributed by atoms with Gasteiger partial charge in [0, 0.05) is 6.07 Å². The third-order valence-corrected chi connectivity index (χ3v) is 5.09. The van der Waals surface area contributed by atoms with Crippen LogP contribution in [0.4, 0.5) is 0 Å². The summed E-state index contributed by atoms with van der Waals surface area (Å²) in [7, 11) is -0.835. The molecule has 4 heteroatoms. The highest BCUT2D eigenvalue weighted by molar-refractivity contribution is 6.48. The van der Waals surface area contributed by atoms with Gasteiger partial charge in [-0.2, -0.15) is 0 Å². The van der Waals surface area contributed by atoms with E-state index in [0.717, 1.165) is 17.3 Å². The van der Waals surface area contributed by atoms with Crippen LogP contribution in [0.1, 0.15) is 32.4 Å². The molecule has 117 valence electrons. The molecule has 0 aliphatic carbocycles. The van der Waals surface area contributed by atoms with Gasteiger partial charge in [-0.1, -0.05) is 39.0 Å². The Morgan fingerprint density at radius 1 is 1.23 bits per heavy atom. The molecule has 2 aromatic rings. The summed E-state index contributed by atoms with van der Waals surface area (Å²) in [5, 5.41) is 1.14. The lowest BCUT2D eigenvalue weighted by Gasteiger charge is -2.37. The summed E-state index contributed by atoms with van der Waals surface area (Å²) in [5.41, 5.74) is 2.44. The number of hydrogen-bond donors (Lipinski definition) is 0. The van der Waals surface area contributed by atoms with Gasteiger partial charge in [-0.15, -0.1) is 0 Å². The summed E-state index contributed by atoms with van der Waals surface area (Å²) in [6.45, 7) is 10.9. The Morgan fingerprint density at radius 2 is 1.95 bits per heavy atom. The fourth-order valence-electron chi connectivity index (χ4n) is 3.53. The SMILES string of the molecule is C[Si](C)OC(C1Cc2cccc3ccc(=O)n1c23)C(C)(C)C. The average Bonchev–Trinajstić information content (AvgIpc) is 2.80. The lowest BCUT2D eigenvalue weighted by Crippen LogP contribution is -2.42. The molecule has 0 saturated heterocycles. The lowest BCUT2D eigenvalue weighted by atomic mass is 9.83. The topological polar surface area (TPSA) is 31.2 Å². The van der Waals surface area contributed by atoms with Gasteiger partial charge in [0.2, 0.25) is 9.04 Å². The molecule has 1 aromatic heterocycles. The maximum absolute atomic E-state index is 12.5. The van der Waals surface area contributed by atoms with Crippen LogP contribution in [0.5, 0.6) is 0 Å². The molecule has 1 aliphatic heterocycles. The predicted molar refractivity (Wildman–Crippen MR) is 92.8 cm³/mol. The Morgan fingerprint density at radius 3 is 2.59 bits per heavy atom. The Hall–Kier alpha value is -1.39. The predicted octanol–water partition coefficient (Wildman–Crippen LogP) is 3.78. The summed E-state index contributed by atoms with van der Waals surface area (Å²) in [4.78, 5) is 12.5. The molecule has 3 rings (SSSR count). The first-order valence-electron chi connectivity index (χ1n) is 7.89. The number of hydrogen-bond acceptors (Lipinski definition) is 2. The molecule has 2 heterocycles. The quantitative estimate of drug-likeness (QED) is 0.807. The third-order valence-electron chi connectivity index (χ3n) is 4.36. The minimum atomic E-state index is -0.835. The van der Waals surface area contributed by atoms with Gasteiger partial charge in [0.25, 0.3) is 5.56 Å². The number of nitrogens with zero attached hydrogens (tertiary/aromatic N) is 1. The molecule has 0 bridgehead atoms. The smallest absolute Gasteiger partial charge is 0.251 e. The first kappa shape index (κ1) is 15.5. The van der Waals surface area contributed by atoms with Crippen molar-refractivity contribution < 1.29 is 4.43 Å². The van der Waals surface area contributed by atoms with Crippen LogP contribution >= 0.6 is 0 Å². The van der Waals surface area contributed by atoms with Crippen molar-refractivity contribution in [3.05, 3.63) is 46.2 Å². The third kappa shape index (κ3) is 2.55. The first-order chi connectivity index (χ1) is 10.3. The largest absolute Gasteiger partial charge is 0.412 e. The second-order valence-electron chi connectivity index (χ2n) is 7.48. The van der Waals surface area contributed by atoms with Crippen LogP contribution in [0.2, 0.25) is 13.1 Å². The van der Waals surface area contributed by atoms with E-state index in [-0.39, 0.29) is 23.1 Å². The fourth-order valence-corrected chi connectivity index (χ4v) is 4.55. The molecule has 1 radical (unpaired) electrons.